The number of hydrogen-bond acceptors (Lipinski definition) is 5. The number of ether oxygens (including phenoxy) is 1. The fourth-order valence-electron chi connectivity index (χ4n) is 3.08. The summed E-state index contributed by atoms with van der Waals surface area (Å²) >= 11 is 1.79. The lowest BCUT2D eigenvalue weighted by molar-refractivity contribution is 0.142. The van der Waals surface area contributed by atoms with Gasteiger partial charge >= 0.3 is 0 Å². The SMILES string of the molecule is CCNC(=NCC1CCCN1CCOC)NCCc1nc(C)c(C)s1. The third-order valence-corrected chi connectivity index (χ3v) is 5.72. The fraction of sp³-hybridized carbons (Fsp3) is 0.778. The number of likely N-dealkylation sites (tertiary alicyclic amines) is 1. The number of aromatic nitrogens is 1. The molecule has 0 aliphatic carbocycles. The van der Waals surface area contributed by atoms with Gasteiger partial charge in [0, 0.05) is 44.1 Å². The minimum absolute atomic E-state index is 0.537. The molecule has 1 aromatic heterocycles. The fourth-order valence-corrected chi connectivity index (χ4v) is 4.01. The van der Waals surface area contributed by atoms with E-state index in [-0.39, 0.29) is 0 Å². The molecule has 142 valence electrons. The summed E-state index contributed by atoms with van der Waals surface area (Å²) < 4.78 is 5.21. The topological polar surface area (TPSA) is 61.8 Å². The summed E-state index contributed by atoms with van der Waals surface area (Å²) in [5.74, 6) is 0.908. The number of nitrogens with zero attached hydrogens (tertiary/aromatic N) is 3. The summed E-state index contributed by atoms with van der Waals surface area (Å²) in [6.45, 7) is 11.8. The number of aliphatic imine (C=N–C) groups is 1. The molecule has 0 saturated carbocycles. The molecule has 1 aromatic rings. The van der Waals surface area contributed by atoms with Gasteiger partial charge in [-0.1, -0.05) is 0 Å². The number of methoxy groups -OCH3 is 1. The van der Waals surface area contributed by atoms with Gasteiger partial charge in [-0.25, -0.2) is 4.98 Å². The van der Waals surface area contributed by atoms with E-state index < -0.39 is 0 Å². The van der Waals surface area contributed by atoms with Crippen molar-refractivity contribution in [2.75, 3.05) is 46.4 Å². The molecule has 1 atom stereocenters. The number of hydrogen-bond donors (Lipinski definition) is 2. The monoisotopic (exact) mass is 367 g/mol. The molecule has 1 aliphatic rings. The highest BCUT2D eigenvalue weighted by atomic mass is 32.1. The van der Waals surface area contributed by atoms with Crippen LogP contribution in [0.15, 0.2) is 4.99 Å². The Hall–Kier alpha value is -1.18. The highest BCUT2D eigenvalue weighted by Gasteiger charge is 2.23. The molecule has 0 amide bonds. The van der Waals surface area contributed by atoms with Crippen LogP contribution in [0, 0.1) is 13.8 Å². The zero-order chi connectivity index (χ0) is 18.1. The van der Waals surface area contributed by atoms with Gasteiger partial charge in [0.25, 0.3) is 0 Å². The van der Waals surface area contributed by atoms with Gasteiger partial charge in [0.2, 0.25) is 0 Å². The Morgan fingerprint density at radius 2 is 2.24 bits per heavy atom. The van der Waals surface area contributed by atoms with E-state index in [0.717, 1.165) is 57.4 Å². The number of thiazole rings is 1. The van der Waals surface area contributed by atoms with Crippen molar-refractivity contribution in [2.45, 2.75) is 46.1 Å². The van der Waals surface area contributed by atoms with Gasteiger partial charge in [0.05, 0.1) is 23.9 Å². The smallest absolute Gasteiger partial charge is 0.191 e. The van der Waals surface area contributed by atoms with Crippen molar-refractivity contribution in [3.05, 3.63) is 15.6 Å². The molecule has 1 aliphatic heterocycles. The first-order valence-corrected chi connectivity index (χ1v) is 10.1. The molecular weight excluding hydrogens is 334 g/mol. The van der Waals surface area contributed by atoms with Gasteiger partial charge in [-0.2, -0.15) is 0 Å². The van der Waals surface area contributed by atoms with Gasteiger partial charge in [0.1, 0.15) is 0 Å². The van der Waals surface area contributed by atoms with Crippen molar-refractivity contribution < 1.29 is 4.74 Å². The van der Waals surface area contributed by atoms with Crippen LogP contribution >= 0.6 is 11.3 Å². The predicted molar refractivity (Wildman–Crippen MR) is 106 cm³/mol. The van der Waals surface area contributed by atoms with E-state index in [1.807, 2.05) is 0 Å². The quantitative estimate of drug-likeness (QED) is 0.516. The zero-order valence-electron chi connectivity index (χ0n) is 16.1. The Labute approximate surface area is 156 Å². The molecule has 2 N–H and O–H groups in total. The average molecular weight is 368 g/mol. The molecular formula is C18H33N5OS. The lowest BCUT2D eigenvalue weighted by Gasteiger charge is -2.23. The van der Waals surface area contributed by atoms with E-state index in [1.54, 1.807) is 18.4 Å². The first-order chi connectivity index (χ1) is 12.1. The van der Waals surface area contributed by atoms with E-state index >= 15 is 0 Å². The van der Waals surface area contributed by atoms with Crippen LogP contribution in [0.25, 0.3) is 0 Å². The van der Waals surface area contributed by atoms with E-state index in [2.05, 4.69) is 41.3 Å². The maximum atomic E-state index is 5.21. The normalized spacial score (nSPS) is 18.7. The Morgan fingerprint density at radius 1 is 1.40 bits per heavy atom. The highest BCUT2D eigenvalue weighted by Crippen LogP contribution is 2.17. The first-order valence-electron chi connectivity index (χ1n) is 9.32. The molecule has 7 heteroatoms. The van der Waals surface area contributed by atoms with Crippen LogP contribution in [0.2, 0.25) is 0 Å². The zero-order valence-corrected chi connectivity index (χ0v) is 16.9. The van der Waals surface area contributed by atoms with Crippen LogP contribution in [-0.2, 0) is 11.2 Å². The Morgan fingerprint density at radius 3 is 2.92 bits per heavy atom. The largest absolute Gasteiger partial charge is 0.383 e. The molecule has 1 saturated heterocycles. The van der Waals surface area contributed by atoms with E-state index in [9.17, 15) is 0 Å². The van der Waals surface area contributed by atoms with Gasteiger partial charge in [-0.05, 0) is 40.2 Å². The molecule has 0 aromatic carbocycles. The standard InChI is InChI=1S/C18H33N5OS/c1-5-19-18(20-9-8-17-22-14(2)15(3)25-17)21-13-16-7-6-10-23(16)11-12-24-4/h16H,5-13H2,1-4H3,(H2,19,20,21). The second-order valence-corrected chi connectivity index (χ2v) is 7.76. The Bertz CT molecular complexity index is 526. The predicted octanol–water partition coefficient (Wildman–Crippen LogP) is 1.97. The molecule has 25 heavy (non-hydrogen) atoms. The minimum atomic E-state index is 0.537. The summed E-state index contributed by atoms with van der Waals surface area (Å²) in [7, 11) is 1.77. The average Bonchev–Trinajstić information content (AvgIpc) is 3.17. The summed E-state index contributed by atoms with van der Waals surface area (Å²) in [6.07, 6.45) is 3.42. The van der Waals surface area contributed by atoms with Crippen LogP contribution in [-0.4, -0.2) is 68.3 Å². The molecule has 0 bridgehead atoms. The number of aryl methyl sites for hydroxylation is 2. The van der Waals surface area contributed by atoms with Gasteiger partial charge in [0.15, 0.2) is 5.96 Å². The number of nitrogens with one attached hydrogen (secondary N) is 2. The molecule has 2 rings (SSSR count). The minimum Gasteiger partial charge on any atom is -0.383 e. The van der Waals surface area contributed by atoms with Crippen molar-refractivity contribution in [1.29, 1.82) is 0 Å². The summed E-state index contributed by atoms with van der Waals surface area (Å²) in [5.41, 5.74) is 1.15. The van der Waals surface area contributed by atoms with Crippen LogP contribution in [0.4, 0.5) is 0 Å². The van der Waals surface area contributed by atoms with Gasteiger partial charge < -0.3 is 15.4 Å². The number of rotatable bonds is 9. The third-order valence-electron chi connectivity index (χ3n) is 4.59. The van der Waals surface area contributed by atoms with Crippen LogP contribution < -0.4 is 10.6 Å². The van der Waals surface area contributed by atoms with Crippen molar-refractivity contribution in [1.82, 2.24) is 20.5 Å². The molecule has 1 fully saturated rings. The van der Waals surface area contributed by atoms with Crippen LogP contribution in [0.3, 0.4) is 0 Å². The van der Waals surface area contributed by atoms with E-state index in [0.29, 0.717) is 6.04 Å². The van der Waals surface area contributed by atoms with Crippen LogP contribution in [0.1, 0.15) is 35.3 Å². The van der Waals surface area contributed by atoms with Gasteiger partial charge in [-0.3, -0.25) is 9.89 Å². The summed E-state index contributed by atoms with van der Waals surface area (Å²) in [4.78, 5) is 13.2. The lowest BCUT2D eigenvalue weighted by Crippen LogP contribution is -2.40. The van der Waals surface area contributed by atoms with Crippen molar-refractivity contribution in [3.63, 3.8) is 0 Å². The Balaban J connectivity index is 1.80. The Kier molecular flexibility index (Phi) is 8.64. The lowest BCUT2D eigenvalue weighted by atomic mass is 10.2. The second-order valence-electron chi connectivity index (χ2n) is 6.47. The molecule has 1 unspecified atom stereocenters. The summed E-state index contributed by atoms with van der Waals surface area (Å²) in [6, 6.07) is 0.537. The highest BCUT2D eigenvalue weighted by molar-refractivity contribution is 7.11. The van der Waals surface area contributed by atoms with Crippen molar-refractivity contribution >= 4 is 17.3 Å². The maximum absolute atomic E-state index is 5.21. The second kappa shape index (κ2) is 10.7. The molecule has 0 radical (unpaired) electrons. The summed E-state index contributed by atoms with van der Waals surface area (Å²) in [5, 5.41) is 7.98. The van der Waals surface area contributed by atoms with Crippen LogP contribution in [0.5, 0.6) is 0 Å². The van der Waals surface area contributed by atoms with E-state index in [1.165, 1.54) is 22.7 Å². The third kappa shape index (κ3) is 6.56. The molecule has 6 nitrogen and oxygen atoms in total. The van der Waals surface area contributed by atoms with E-state index in [4.69, 9.17) is 9.73 Å². The molecule has 2 heterocycles. The molecule has 0 spiro atoms. The van der Waals surface area contributed by atoms with Crippen molar-refractivity contribution in [3.8, 4) is 0 Å². The maximum Gasteiger partial charge on any atom is 0.191 e. The first kappa shape index (κ1) is 20.1. The van der Waals surface area contributed by atoms with Gasteiger partial charge in [-0.15, -0.1) is 11.3 Å². The number of guanidine groups is 1. The van der Waals surface area contributed by atoms with Crippen molar-refractivity contribution in [2.24, 2.45) is 4.99 Å².